The molecule has 2 bridgehead atoms. The highest BCUT2D eigenvalue weighted by Gasteiger charge is 2.82. The predicted octanol–water partition coefficient (Wildman–Crippen LogP) is 6.90. The molecule has 2 aliphatic carbocycles. The lowest BCUT2D eigenvalue weighted by Crippen LogP contribution is -2.45. The molecule has 8 rings (SSSR count). The smallest absolute Gasteiger partial charge is 0.239 e. The molecule has 3 aliphatic rings. The zero-order chi connectivity index (χ0) is 33.9. The van der Waals surface area contributed by atoms with E-state index in [0.717, 1.165) is 11.1 Å². The average Bonchev–Trinajstić information content (AvgIpc) is 3.67. The van der Waals surface area contributed by atoms with Gasteiger partial charge in [-0.15, -0.1) is 0 Å². The number of ether oxygens (including phenoxy) is 3. The first-order valence-electron chi connectivity index (χ1n) is 16.1. The summed E-state index contributed by atoms with van der Waals surface area (Å²) in [5.74, 6) is -1.44. The number of hydrogen-bond acceptors (Lipinski definition) is 6. The second-order valence-corrected chi connectivity index (χ2v) is 12.5. The molecule has 242 valence electrons. The third-order valence-corrected chi connectivity index (χ3v) is 10.5. The quantitative estimate of drug-likeness (QED) is 0.171. The van der Waals surface area contributed by atoms with Gasteiger partial charge in [0.1, 0.15) is 17.2 Å². The van der Waals surface area contributed by atoms with Gasteiger partial charge in [-0.25, -0.2) is 4.90 Å². The first-order valence-corrected chi connectivity index (χ1v) is 16.1. The van der Waals surface area contributed by atoms with Crippen molar-refractivity contribution in [2.45, 2.75) is 10.8 Å². The van der Waals surface area contributed by atoms with Crippen molar-refractivity contribution in [3.05, 3.63) is 156 Å². The maximum atomic E-state index is 16.1. The fourth-order valence-corrected chi connectivity index (χ4v) is 8.69. The number of carbonyl (C=O) groups is 3. The van der Waals surface area contributed by atoms with E-state index >= 15 is 14.4 Å². The summed E-state index contributed by atoms with van der Waals surface area (Å²) in [5, 5.41) is 0. The van der Waals surface area contributed by atoms with Gasteiger partial charge in [0.25, 0.3) is 0 Å². The second-order valence-electron chi connectivity index (χ2n) is 12.5. The molecule has 2 amide bonds. The number of para-hydroxylation sites is 2. The number of fused-ring (bicyclic) bond motifs is 5. The molecule has 0 N–H and O–H groups in total. The lowest BCUT2D eigenvalue weighted by Gasteiger charge is -2.39. The van der Waals surface area contributed by atoms with E-state index < -0.39 is 34.5 Å². The van der Waals surface area contributed by atoms with Crippen LogP contribution in [-0.2, 0) is 25.2 Å². The van der Waals surface area contributed by atoms with E-state index in [1.165, 1.54) is 12.0 Å². The van der Waals surface area contributed by atoms with E-state index in [1.54, 1.807) is 38.5 Å². The lowest BCUT2D eigenvalue weighted by atomic mass is 9.59. The minimum Gasteiger partial charge on any atom is -0.497 e. The predicted molar refractivity (Wildman–Crippen MR) is 187 cm³/mol. The summed E-state index contributed by atoms with van der Waals surface area (Å²) in [6.07, 6.45) is 0. The summed E-state index contributed by atoms with van der Waals surface area (Å²) in [5.41, 5.74) is 1.55. The van der Waals surface area contributed by atoms with Gasteiger partial charge < -0.3 is 14.2 Å². The van der Waals surface area contributed by atoms with Crippen molar-refractivity contribution >= 4 is 34.4 Å². The largest absolute Gasteiger partial charge is 0.497 e. The van der Waals surface area contributed by atoms with Crippen LogP contribution in [0.1, 0.15) is 22.3 Å². The number of anilines is 1. The summed E-state index contributed by atoms with van der Waals surface area (Å²) in [7, 11) is 4.72. The zero-order valence-corrected chi connectivity index (χ0v) is 27.3. The SMILES string of the molecule is COc1ccc(C2=C(c3ccc(OC)cc3)[C@@]3(c4ccccc4)C(=O)[C@]2(c2ccccc2)[C@H]2C(=O)N(c4ccccc4OC)C(=O)[C@@H]23)cc1. The number of benzene rings is 5. The maximum absolute atomic E-state index is 16.1. The van der Waals surface area contributed by atoms with Gasteiger partial charge in [0, 0.05) is 0 Å². The van der Waals surface area contributed by atoms with Crippen molar-refractivity contribution in [2.24, 2.45) is 11.8 Å². The number of allylic oxidation sites excluding steroid dienone is 2. The van der Waals surface area contributed by atoms with Gasteiger partial charge in [0.15, 0.2) is 5.78 Å². The monoisotopic (exact) mass is 647 g/mol. The van der Waals surface area contributed by atoms with Crippen molar-refractivity contribution in [1.82, 2.24) is 0 Å². The van der Waals surface area contributed by atoms with Crippen LogP contribution in [0.2, 0.25) is 0 Å². The molecule has 0 aromatic heterocycles. The van der Waals surface area contributed by atoms with Gasteiger partial charge in [-0.2, -0.15) is 0 Å². The molecule has 49 heavy (non-hydrogen) atoms. The topological polar surface area (TPSA) is 82.1 Å². The fraction of sp³-hybridized carbons (Fsp3) is 0.167. The normalized spacial score (nSPS) is 24.0. The Hall–Kier alpha value is -5.95. The van der Waals surface area contributed by atoms with Crippen LogP contribution < -0.4 is 19.1 Å². The van der Waals surface area contributed by atoms with Gasteiger partial charge in [-0.3, -0.25) is 14.4 Å². The fourth-order valence-electron chi connectivity index (χ4n) is 8.69. The summed E-state index contributed by atoms with van der Waals surface area (Å²) in [6, 6.07) is 41.1. The second kappa shape index (κ2) is 11.3. The highest BCUT2D eigenvalue weighted by atomic mass is 16.5. The van der Waals surface area contributed by atoms with Crippen LogP contribution in [0.4, 0.5) is 5.69 Å². The van der Waals surface area contributed by atoms with Gasteiger partial charge in [-0.1, -0.05) is 97.1 Å². The first-order chi connectivity index (χ1) is 23.9. The highest BCUT2D eigenvalue weighted by molar-refractivity contribution is 6.39. The van der Waals surface area contributed by atoms with Crippen LogP contribution in [0.3, 0.4) is 0 Å². The number of rotatable bonds is 8. The summed E-state index contributed by atoms with van der Waals surface area (Å²) in [6.45, 7) is 0. The zero-order valence-electron chi connectivity index (χ0n) is 27.3. The molecule has 5 aromatic rings. The maximum Gasteiger partial charge on any atom is 0.239 e. The van der Waals surface area contributed by atoms with Crippen LogP contribution in [-0.4, -0.2) is 38.9 Å². The number of carbonyl (C=O) groups excluding carboxylic acids is 3. The Bertz CT molecular complexity index is 2010. The van der Waals surface area contributed by atoms with Gasteiger partial charge in [-0.05, 0) is 69.8 Å². The van der Waals surface area contributed by atoms with Gasteiger partial charge in [0.2, 0.25) is 11.8 Å². The number of imide groups is 1. The van der Waals surface area contributed by atoms with Crippen molar-refractivity contribution in [3.8, 4) is 17.2 Å². The van der Waals surface area contributed by atoms with Crippen molar-refractivity contribution in [2.75, 3.05) is 26.2 Å². The Morgan fingerprint density at radius 1 is 0.490 bits per heavy atom. The molecule has 7 heteroatoms. The molecular formula is C42H33NO6. The Kier molecular flexibility index (Phi) is 7.03. The minimum atomic E-state index is -1.52. The van der Waals surface area contributed by atoms with Crippen molar-refractivity contribution in [1.29, 1.82) is 0 Å². The van der Waals surface area contributed by atoms with E-state index in [4.69, 9.17) is 14.2 Å². The molecule has 1 saturated carbocycles. The molecule has 1 saturated heterocycles. The lowest BCUT2D eigenvalue weighted by molar-refractivity contribution is -0.130. The van der Waals surface area contributed by atoms with Crippen LogP contribution in [0.25, 0.3) is 11.1 Å². The third-order valence-electron chi connectivity index (χ3n) is 10.5. The minimum absolute atomic E-state index is 0.189. The standard InChI is InChI=1S/C42H33NO6/c1-47-30-22-18-26(19-23-30)34-35(27-20-24-31(48-2)25-21-27)42(29-14-8-5-9-15-29)37-36(41(34,40(42)46)28-12-6-4-7-13-28)38(44)43(39(37)45)32-16-10-11-17-33(32)49-3/h4-25,36-37H,1-3H3/t36-,37-,41-,42+/m1/s1. The first kappa shape index (κ1) is 30.4. The molecule has 7 nitrogen and oxygen atoms in total. The van der Waals surface area contributed by atoms with E-state index in [1.807, 2.05) is 109 Å². The molecule has 0 unspecified atom stereocenters. The van der Waals surface area contributed by atoms with E-state index in [2.05, 4.69) is 0 Å². The number of nitrogens with zero attached hydrogens (tertiary/aromatic N) is 1. The molecule has 1 heterocycles. The molecule has 0 spiro atoms. The molecule has 2 fully saturated rings. The summed E-state index contributed by atoms with van der Waals surface area (Å²) < 4.78 is 16.7. The van der Waals surface area contributed by atoms with Gasteiger partial charge in [0.05, 0.1) is 49.7 Å². The number of methoxy groups -OCH3 is 3. The number of amides is 2. The van der Waals surface area contributed by atoms with Crippen LogP contribution in [0.15, 0.2) is 133 Å². The number of ketones is 1. The highest BCUT2D eigenvalue weighted by Crippen LogP contribution is 2.74. The Morgan fingerprint density at radius 2 is 0.898 bits per heavy atom. The van der Waals surface area contributed by atoms with Crippen LogP contribution >= 0.6 is 0 Å². The Morgan fingerprint density at radius 3 is 1.31 bits per heavy atom. The number of hydrogen-bond donors (Lipinski definition) is 0. The van der Waals surface area contributed by atoms with E-state index in [-0.39, 0.29) is 5.78 Å². The summed E-state index contributed by atoms with van der Waals surface area (Å²) in [4.78, 5) is 47.7. The molecular weight excluding hydrogens is 614 g/mol. The third kappa shape index (κ3) is 3.93. The Labute approximate surface area is 284 Å². The van der Waals surface area contributed by atoms with Crippen molar-refractivity contribution < 1.29 is 28.6 Å². The van der Waals surface area contributed by atoms with E-state index in [9.17, 15) is 0 Å². The number of Topliss-reactive ketones (excluding diaryl/α,β-unsaturated/α-hetero) is 1. The summed E-state index contributed by atoms with van der Waals surface area (Å²) >= 11 is 0. The Balaban J connectivity index is 1.55. The van der Waals surface area contributed by atoms with Crippen LogP contribution in [0.5, 0.6) is 17.2 Å². The molecule has 0 radical (unpaired) electrons. The molecule has 5 aromatic carbocycles. The van der Waals surface area contributed by atoms with Crippen molar-refractivity contribution in [3.63, 3.8) is 0 Å². The molecule has 1 aliphatic heterocycles. The average molecular weight is 648 g/mol. The van der Waals surface area contributed by atoms with Gasteiger partial charge >= 0.3 is 0 Å². The van der Waals surface area contributed by atoms with E-state index in [0.29, 0.717) is 45.2 Å². The van der Waals surface area contributed by atoms with Crippen LogP contribution in [0, 0.1) is 11.8 Å². The molecule has 4 atom stereocenters.